The molecule has 0 aliphatic carbocycles. The van der Waals surface area contributed by atoms with E-state index in [2.05, 4.69) is 9.72 Å². The van der Waals surface area contributed by atoms with Crippen LogP contribution in [0.1, 0.15) is 16.1 Å². The van der Waals surface area contributed by atoms with Crippen LogP contribution in [0.3, 0.4) is 0 Å². The summed E-state index contributed by atoms with van der Waals surface area (Å²) in [6.45, 7) is 1.57. The number of nitrogens with two attached hydrogens (primary N) is 1. The van der Waals surface area contributed by atoms with Gasteiger partial charge in [0.25, 0.3) is 0 Å². The first-order chi connectivity index (χ1) is 9.92. The number of nitrogens with zero attached hydrogens (tertiary/aromatic N) is 1. The second-order valence-corrected chi connectivity index (χ2v) is 4.18. The van der Waals surface area contributed by atoms with E-state index >= 15 is 0 Å². The Hall–Kier alpha value is -2.70. The molecule has 0 spiro atoms. The summed E-state index contributed by atoms with van der Waals surface area (Å²) < 4.78 is 36.6. The van der Waals surface area contributed by atoms with Gasteiger partial charge in [-0.2, -0.15) is 0 Å². The van der Waals surface area contributed by atoms with Crippen molar-refractivity contribution < 1.29 is 23.0 Å². The predicted molar refractivity (Wildman–Crippen MR) is 71.2 cm³/mol. The van der Waals surface area contributed by atoms with Crippen LogP contribution < -0.4 is 10.5 Å². The smallest absolute Gasteiger partial charge is 0.339 e. The topological polar surface area (TPSA) is 74.4 Å². The van der Waals surface area contributed by atoms with Gasteiger partial charge < -0.3 is 15.2 Å². The Morgan fingerprint density at radius 3 is 2.57 bits per heavy atom. The number of rotatable bonds is 3. The molecule has 0 saturated carbocycles. The molecule has 1 heterocycles. The molecule has 2 aromatic rings. The van der Waals surface area contributed by atoms with Gasteiger partial charge in [-0.15, -0.1) is 0 Å². The van der Waals surface area contributed by atoms with Crippen molar-refractivity contribution in [2.75, 3.05) is 12.8 Å². The SMILES string of the molecule is COC(=O)c1ccc(Oc2cc(F)c(N)cc2F)nc1C. The zero-order valence-corrected chi connectivity index (χ0v) is 11.3. The van der Waals surface area contributed by atoms with E-state index in [-0.39, 0.29) is 22.9 Å². The number of pyridine rings is 1. The number of halogens is 2. The minimum absolute atomic E-state index is 0.0169. The fraction of sp³-hybridized carbons (Fsp3) is 0.143. The van der Waals surface area contributed by atoms with Crippen LogP contribution in [0.15, 0.2) is 24.3 Å². The van der Waals surface area contributed by atoms with Crippen molar-refractivity contribution in [3.63, 3.8) is 0 Å². The number of ether oxygens (including phenoxy) is 2. The van der Waals surface area contributed by atoms with Gasteiger partial charge in [0, 0.05) is 18.2 Å². The molecule has 1 aromatic heterocycles. The molecule has 1 aromatic carbocycles. The van der Waals surface area contributed by atoms with Gasteiger partial charge in [-0.25, -0.2) is 18.6 Å². The van der Waals surface area contributed by atoms with Crippen molar-refractivity contribution >= 4 is 11.7 Å². The first-order valence-corrected chi connectivity index (χ1v) is 5.90. The monoisotopic (exact) mass is 294 g/mol. The molecule has 0 unspecified atom stereocenters. The molecular weight excluding hydrogens is 282 g/mol. The number of hydrogen-bond acceptors (Lipinski definition) is 5. The number of hydrogen-bond donors (Lipinski definition) is 1. The van der Waals surface area contributed by atoms with Crippen molar-refractivity contribution in [3.8, 4) is 11.6 Å². The van der Waals surface area contributed by atoms with Crippen molar-refractivity contribution in [2.24, 2.45) is 0 Å². The second-order valence-electron chi connectivity index (χ2n) is 4.18. The van der Waals surface area contributed by atoms with Crippen LogP contribution in [-0.2, 0) is 4.74 Å². The van der Waals surface area contributed by atoms with Gasteiger partial charge >= 0.3 is 5.97 Å². The second kappa shape index (κ2) is 5.74. The van der Waals surface area contributed by atoms with Crippen LogP contribution in [0.25, 0.3) is 0 Å². The van der Waals surface area contributed by atoms with Crippen LogP contribution in [0, 0.1) is 18.6 Å². The van der Waals surface area contributed by atoms with Crippen LogP contribution in [0.4, 0.5) is 14.5 Å². The Bertz CT molecular complexity index is 705. The van der Waals surface area contributed by atoms with Gasteiger partial charge in [-0.1, -0.05) is 0 Å². The van der Waals surface area contributed by atoms with E-state index in [1.54, 1.807) is 6.92 Å². The molecule has 0 aliphatic rings. The highest BCUT2D eigenvalue weighted by molar-refractivity contribution is 5.90. The zero-order valence-electron chi connectivity index (χ0n) is 11.3. The fourth-order valence-electron chi connectivity index (χ4n) is 1.66. The first kappa shape index (κ1) is 14.7. The highest BCUT2D eigenvalue weighted by Gasteiger charge is 2.14. The van der Waals surface area contributed by atoms with Crippen LogP contribution in [0.5, 0.6) is 11.6 Å². The summed E-state index contributed by atoms with van der Waals surface area (Å²) in [6.07, 6.45) is 0. The summed E-state index contributed by atoms with van der Waals surface area (Å²) in [5, 5.41) is 0. The first-order valence-electron chi connectivity index (χ1n) is 5.90. The van der Waals surface area contributed by atoms with E-state index in [0.29, 0.717) is 5.69 Å². The summed E-state index contributed by atoms with van der Waals surface area (Å²) in [6, 6.07) is 4.43. The molecule has 7 heteroatoms. The minimum Gasteiger partial charge on any atom is -0.465 e. The normalized spacial score (nSPS) is 10.3. The number of carbonyl (C=O) groups is 1. The molecule has 0 saturated heterocycles. The Morgan fingerprint density at radius 1 is 1.24 bits per heavy atom. The van der Waals surface area contributed by atoms with Gasteiger partial charge in [0.1, 0.15) is 5.82 Å². The number of nitrogen functional groups attached to an aromatic ring is 1. The maximum atomic E-state index is 13.6. The van der Waals surface area contributed by atoms with Gasteiger partial charge in [-0.05, 0) is 13.0 Å². The molecule has 0 atom stereocenters. The van der Waals surface area contributed by atoms with Crippen LogP contribution in [0.2, 0.25) is 0 Å². The Morgan fingerprint density at radius 2 is 1.95 bits per heavy atom. The standard InChI is InChI=1S/C14H12F2N2O3/c1-7-8(14(19)20-2)3-4-13(18-7)21-12-6-9(15)11(17)5-10(12)16/h3-6H,17H2,1-2H3. The largest absolute Gasteiger partial charge is 0.465 e. The highest BCUT2D eigenvalue weighted by Crippen LogP contribution is 2.27. The summed E-state index contributed by atoms with van der Waals surface area (Å²) in [5.74, 6) is -2.49. The van der Waals surface area contributed by atoms with Gasteiger partial charge in [0.2, 0.25) is 5.88 Å². The molecule has 5 nitrogen and oxygen atoms in total. The number of aromatic nitrogens is 1. The molecule has 21 heavy (non-hydrogen) atoms. The van der Waals surface area contributed by atoms with Gasteiger partial charge in [-0.3, -0.25) is 0 Å². The zero-order chi connectivity index (χ0) is 15.6. The van der Waals surface area contributed by atoms with Crippen LogP contribution in [-0.4, -0.2) is 18.1 Å². The van der Waals surface area contributed by atoms with E-state index in [0.717, 1.165) is 12.1 Å². The molecule has 0 bridgehead atoms. The lowest BCUT2D eigenvalue weighted by molar-refractivity contribution is 0.0599. The van der Waals surface area contributed by atoms with Crippen LogP contribution >= 0.6 is 0 Å². The van der Waals surface area contributed by atoms with E-state index in [1.165, 1.54) is 19.2 Å². The molecule has 0 aliphatic heterocycles. The Balaban J connectivity index is 2.31. The third-order valence-electron chi connectivity index (χ3n) is 2.73. The molecular formula is C14H12F2N2O3. The number of carbonyl (C=O) groups excluding carboxylic acids is 1. The summed E-state index contributed by atoms with van der Waals surface area (Å²) in [7, 11) is 1.25. The Kier molecular flexibility index (Phi) is 4.02. The van der Waals surface area contributed by atoms with E-state index in [1.807, 2.05) is 0 Å². The number of aryl methyl sites for hydroxylation is 1. The van der Waals surface area contributed by atoms with Gasteiger partial charge in [0.05, 0.1) is 24.1 Å². The maximum Gasteiger partial charge on any atom is 0.339 e. The molecule has 0 radical (unpaired) electrons. The maximum absolute atomic E-state index is 13.6. The minimum atomic E-state index is -0.814. The summed E-state index contributed by atoms with van der Waals surface area (Å²) in [5.41, 5.74) is 5.52. The molecule has 110 valence electrons. The fourth-order valence-corrected chi connectivity index (χ4v) is 1.66. The predicted octanol–water partition coefficient (Wildman–Crippen LogP) is 2.83. The lowest BCUT2D eigenvalue weighted by atomic mass is 10.2. The van der Waals surface area contributed by atoms with Crippen molar-refractivity contribution in [3.05, 3.63) is 47.2 Å². The quantitative estimate of drug-likeness (QED) is 0.696. The number of methoxy groups -OCH3 is 1. The van der Waals surface area contributed by atoms with E-state index in [4.69, 9.17) is 10.5 Å². The van der Waals surface area contributed by atoms with E-state index in [9.17, 15) is 13.6 Å². The lowest BCUT2D eigenvalue weighted by Crippen LogP contribution is -2.05. The highest BCUT2D eigenvalue weighted by atomic mass is 19.1. The molecule has 0 amide bonds. The number of esters is 1. The molecule has 2 rings (SSSR count). The van der Waals surface area contributed by atoms with Crippen molar-refractivity contribution in [2.45, 2.75) is 6.92 Å². The third kappa shape index (κ3) is 3.07. The molecule has 0 fully saturated rings. The van der Waals surface area contributed by atoms with E-state index < -0.39 is 17.6 Å². The molecule has 2 N–H and O–H groups in total. The Labute approximate surface area is 119 Å². The third-order valence-corrected chi connectivity index (χ3v) is 2.73. The number of benzene rings is 1. The van der Waals surface area contributed by atoms with Crippen molar-refractivity contribution in [1.29, 1.82) is 0 Å². The number of anilines is 1. The average Bonchev–Trinajstić information content (AvgIpc) is 2.44. The van der Waals surface area contributed by atoms with Crippen molar-refractivity contribution in [1.82, 2.24) is 4.98 Å². The summed E-state index contributed by atoms with van der Waals surface area (Å²) in [4.78, 5) is 15.4. The lowest BCUT2D eigenvalue weighted by Gasteiger charge is -2.09. The van der Waals surface area contributed by atoms with Gasteiger partial charge in [0.15, 0.2) is 11.6 Å². The average molecular weight is 294 g/mol. The summed E-state index contributed by atoms with van der Waals surface area (Å²) >= 11 is 0.